The van der Waals surface area contributed by atoms with E-state index in [0.29, 0.717) is 32.9 Å². The molecule has 3 heterocycles. The van der Waals surface area contributed by atoms with Crippen LogP contribution < -0.4 is 24.4 Å². The summed E-state index contributed by atoms with van der Waals surface area (Å²) < 4.78 is 19.5. The van der Waals surface area contributed by atoms with E-state index < -0.39 is 28.5 Å². The van der Waals surface area contributed by atoms with E-state index in [1.54, 1.807) is 48.1 Å². The summed E-state index contributed by atoms with van der Waals surface area (Å²) in [5.74, 6) is -0.862. The quantitative estimate of drug-likeness (QED) is 0.0668. The summed E-state index contributed by atoms with van der Waals surface area (Å²) in [4.78, 5) is 55.7. The van der Waals surface area contributed by atoms with Crippen LogP contribution in [0.1, 0.15) is 31.0 Å². The number of carbonyl (C=O) groups excluding carboxylic acids is 2. The minimum absolute atomic E-state index is 0.0622. The molecule has 0 saturated carbocycles. The molecule has 50 heavy (non-hydrogen) atoms. The summed E-state index contributed by atoms with van der Waals surface area (Å²) >= 11 is 1.11. The van der Waals surface area contributed by atoms with Gasteiger partial charge in [-0.3, -0.25) is 24.3 Å². The number of rotatable bonds is 10. The Hall–Kier alpha value is -6.41. The Bertz CT molecular complexity index is 2390. The van der Waals surface area contributed by atoms with Gasteiger partial charge < -0.3 is 14.2 Å². The summed E-state index contributed by atoms with van der Waals surface area (Å²) in [5, 5.41) is 16.4. The average Bonchev–Trinajstić information content (AvgIpc) is 3.67. The summed E-state index contributed by atoms with van der Waals surface area (Å²) in [6, 6.07) is 19.2. The van der Waals surface area contributed by atoms with Crippen molar-refractivity contribution in [3.8, 4) is 28.4 Å². The van der Waals surface area contributed by atoms with Crippen LogP contribution in [0, 0.1) is 10.1 Å². The molecule has 13 nitrogen and oxygen atoms in total. The van der Waals surface area contributed by atoms with Crippen LogP contribution >= 0.6 is 11.3 Å². The number of methoxy groups -OCH3 is 1. The van der Waals surface area contributed by atoms with Gasteiger partial charge in [0.15, 0.2) is 16.3 Å². The van der Waals surface area contributed by atoms with Gasteiger partial charge >= 0.3 is 11.9 Å². The molecule has 0 radical (unpaired) electrons. The molecular weight excluding hydrogens is 662 g/mol. The van der Waals surface area contributed by atoms with Gasteiger partial charge in [0.2, 0.25) is 0 Å². The van der Waals surface area contributed by atoms with Gasteiger partial charge in [0.1, 0.15) is 12.3 Å². The number of ether oxygens (including phenoxy) is 3. The predicted molar refractivity (Wildman–Crippen MR) is 185 cm³/mol. The molecule has 0 spiro atoms. The molecule has 252 valence electrons. The summed E-state index contributed by atoms with van der Waals surface area (Å²) in [5.41, 5.74) is 2.53. The van der Waals surface area contributed by atoms with Gasteiger partial charge in [-0.15, -0.1) is 0 Å². The Balaban J connectivity index is 1.56. The van der Waals surface area contributed by atoms with Crippen molar-refractivity contribution in [3.05, 3.63) is 144 Å². The molecule has 2 aromatic heterocycles. The monoisotopic (exact) mass is 691 g/mol. The number of aromatic nitrogens is 3. The Morgan fingerprint density at radius 2 is 1.86 bits per heavy atom. The molecule has 0 amide bonds. The highest BCUT2D eigenvalue weighted by atomic mass is 32.1. The van der Waals surface area contributed by atoms with Crippen molar-refractivity contribution in [2.24, 2.45) is 4.99 Å². The first kappa shape index (κ1) is 33.5. The summed E-state index contributed by atoms with van der Waals surface area (Å²) in [7, 11) is 1.41. The molecular formula is C36H29N5O8S. The van der Waals surface area contributed by atoms with Crippen molar-refractivity contribution in [3.63, 3.8) is 0 Å². The summed E-state index contributed by atoms with van der Waals surface area (Å²) in [6.45, 7) is 6.47. The van der Waals surface area contributed by atoms with E-state index in [1.165, 1.54) is 42.9 Å². The van der Waals surface area contributed by atoms with Gasteiger partial charge in [-0.2, -0.15) is 5.10 Å². The topological polar surface area (TPSA) is 157 Å². The largest absolute Gasteiger partial charge is 0.493 e. The van der Waals surface area contributed by atoms with Gasteiger partial charge in [0.05, 0.1) is 39.6 Å². The van der Waals surface area contributed by atoms with Crippen LogP contribution in [0.2, 0.25) is 0 Å². The molecule has 0 bridgehead atoms. The van der Waals surface area contributed by atoms with E-state index in [2.05, 4.69) is 11.6 Å². The second-order valence-corrected chi connectivity index (χ2v) is 12.0. The Morgan fingerprint density at radius 3 is 2.56 bits per heavy atom. The molecule has 1 atom stereocenters. The van der Waals surface area contributed by atoms with Gasteiger partial charge in [-0.25, -0.2) is 14.5 Å². The van der Waals surface area contributed by atoms with E-state index in [1.807, 2.05) is 30.3 Å². The maximum atomic E-state index is 14.4. The third-order valence-electron chi connectivity index (χ3n) is 7.71. The third kappa shape index (κ3) is 6.51. The number of fused-ring (bicyclic) bond motifs is 1. The Morgan fingerprint density at radius 1 is 1.08 bits per heavy atom. The van der Waals surface area contributed by atoms with Gasteiger partial charge in [-0.05, 0) is 42.8 Å². The number of benzene rings is 3. The highest BCUT2D eigenvalue weighted by molar-refractivity contribution is 7.07. The molecule has 14 heteroatoms. The van der Waals surface area contributed by atoms with Crippen LogP contribution in [-0.2, 0) is 14.3 Å². The lowest BCUT2D eigenvalue weighted by Crippen LogP contribution is -2.40. The smallest absolute Gasteiger partial charge is 0.338 e. The normalized spacial score (nSPS) is 14.1. The van der Waals surface area contributed by atoms with Gasteiger partial charge in [-0.1, -0.05) is 60.4 Å². The predicted octanol–water partition coefficient (Wildman–Crippen LogP) is 4.66. The number of non-ortho nitro benzene ring substituents is 1. The number of hydrogen-bond acceptors (Lipinski definition) is 11. The highest BCUT2D eigenvalue weighted by Crippen LogP contribution is 2.36. The Labute approximate surface area is 288 Å². The zero-order valence-electron chi connectivity index (χ0n) is 27.1. The SMILES string of the molecule is C=CCOC(=O)C1=C(C)N=c2sc(=Cc3cn(-c4ccccc4)nc3-c3cccc([N+](=O)[O-])c3)c(=O)n2C1c1ccc(OC(C)=O)c(OC)c1. The fourth-order valence-electron chi connectivity index (χ4n) is 5.54. The third-order valence-corrected chi connectivity index (χ3v) is 8.69. The van der Waals surface area contributed by atoms with Crippen LogP contribution in [-0.4, -0.2) is 44.9 Å². The van der Waals surface area contributed by atoms with Gasteiger partial charge in [0, 0.05) is 36.4 Å². The van der Waals surface area contributed by atoms with Crippen molar-refractivity contribution in [2.75, 3.05) is 13.7 Å². The standard InChI is InChI=1S/C36H29N5O8S/c1-5-16-48-35(44)31-21(2)37-36-40(33(31)24-14-15-28(49-22(3)42)29(18-24)47-4)34(43)30(50-36)19-25-20-39(26-11-7-6-8-12-26)38-32(25)23-10-9-13-27(17-23)41(45)46/h5-15,17-20,33H,1,16H2,2-4H3. The first-order valence-corrected chi connectivity index (χ1v) is 16.0. The number of esters is 2. The second kappa shape index (κ2) is 14.0. The molecule has 0 fully saturated rings. The van der Waals surface area contributed by atoms with Crippen molar-refractivity contribution in [2.45, 2.75) is 19.9 Å². The number of para-hydroxylation sites is 1. The number of nitro groups is 1. The van der Waals surface area contributed by atoms with E-state index in [0.717, 1.165) is 17.0 Å². The number of nitro benzene ring substituents is 1. The second-order valence-electron chi connectivity index (χ2n) is 11.0. The van der Waals surface area contributed by atoms with Crippen molar-refractivity contribution >= 4 is 35.0 Å². The minimum atomic E-state index is -0.991. The Kier molecular flexibility index (Phi) is 9.36. The number of hydrogen-bond donors (Lipinski definition) is 0. The molecule has 1 aliphatic heterocycles. The molecule has 0 saturated heterocycles. The number of nitrogens with zero attached hydrogens (tertiary/aromatic N) is 5. The zero-order valence-corrected chi connectivity index (χ0v) is 27.9. The highest BCUT2D eigenvalue weighted by Gasteiger charge is 2.34. The minimum Gasteiger partial charge on any atom is -0.493 e. The fraction of sp³-hybridized carbons (Fsp3) is 0.139. The van der Waals surface area contributed by atoms with Crippen LogP contribution in [0.3, 0.4) is 0 Å². The lowest BCUT2D eigenvalue weighted by molar-refractivity contribution is -0.384. The van der Waals surface area contributed by atoms with Crippen molar-refractivity contribution in [1.29, 1.82) is 0 Å². The van der Waals surface area contributed by atoms with Crippen molar-refractivity contribution in [1.82, 2.24) is 14.3 Å². The molecule has 6 rings (SSSR count). The molecule has 3 aromatic carbocycles. The van der Waals surface area contributed by atoms with Crippen LogP contribution in [0.25, 0.3) is 23.0 Å². The summed E-state index contributed by atoms with van der Waals surface area (Å²) in [6.07, 6.45) is 4.82. The van der Waals surface area contributed by atoms with Crippen LogP contribution in [0.15, 0.2) is 113 Å². The van der Waals surface area contributed by atoms with E-state index in [9.17, 15) is 24.5 Å². The number of thiazole rings is 1. The maximum Gasteiger partial charge on any atom is 0.338 e. The van der Waals surface area contributed by atoms with Crippen molar-refractivity contribution < 1.29 is 28.7 Å². The average molecular weight is 692 g/mol. The zero-order chi connectivity index (χ0) is 35.5. The number of allylic oxidation sites excluding steroid dienone is 1. The lowest BCUT2D eigenvalue weighted by atomic mass is 9.95. The maximum absolute atomic E-state index is 14.4. The molecule has 0 aliphatic carbocycles. The fourth-order valence-corrected chi connectivity index (χ4v) is 6.58. The van der Waals surface area contributed by atoms with E-state index >= 15 is 0 Å². The van der Waals surface area contributed by atoms with Crippen LogP contribution in [0.5, 0.6) is 11.5 Å². The number of carbonyl (C=O) groups is 2. The molecule has 5 aromatic rings. The van der Waals surface area contributed by atoms with E-state index in [4.69, 9.17) is 19.3 Å². The molecule has 1 aliphatic rings. The van der Waals surface area contributed by atoms with Crippen LogP contribution in [0.4, 0.5) is 5.69 Å². The first-order chi connectivity index (χ1) is 24.1. The first-order valence-electron chi connectivity index (χ1n) is 15.2. The molecule has 0 N–H and O–H groups in total. The van der Waals surface area contributed by atoms with Gasteiger partial charge in [0.25, 0.3) is 11.2 Å². The lowest BCUT2D eigenvalue weighted by Gasteiger charge is -2.25. The molecule has 1 unspecified atom stereocenters. The van der Waals surface area contributed by atoms with E-state index in [-0.39, 0.29) is 33.9 Å².